The average Bonchev–Trinajstić information content (AvgIpc) is 2.31. The maximum atomic E-state index is 12.1. The third-order valence-corrected chi connectivity index (χ3v) is 5.10. The quantitative estimate of drug-likeness (QED) is 0.788. The lowest BCUT2D eigenvalue weighted by Gasteiger charge is -2.23. The Labute approximate surface area is 113 Å². The van der Waals surface area contributed by atoms with Crippen molar-refractivity contribution in [3.05, 3.63) is 29.3 Å². The van der Waals surface area contributed by atoms with Crippen LogP contribution in [0, 0.1) is 6.92 Å². The number of rotatable bonds is 2. The molecule has 2 rings (SSSR count). The summed E-state index contributed by atoms with van der Waals surface area (Å²) in [6, 6.07) is 5.07. The predicted molar refractivity (Wildman–Crippen MR) is 74.7 cm³/mol. The SMILES string of the molecule is Cc1cc(N)ccc1C(=O)NC1CCS(=O)(=O)CC1. The monoisotopic (exact) mass is 282 g/mol. The van der Waals surface area contributed by atoms with Gasteiger partial charge in [-0.25, -0.2) is 8.42 Å². The van der Waals surface area contributed by atoms with Crippen LogP contribution in [0.25, 0.3) is 0 Å². The van der Waals surface area contributed by atoms with Crippen LogP contribution in [-0.4, -0.2) is 31.9 Å². The number of hydrogen-bond acceptors (Lipinski definition) is 4. The van der Waals surface area contributed by atoms with Gasteiger partial charge in [-0.2, -0.15) is 0 Å². The second kappa shape index (κ2) is 5.21. The first kappa shape index (κ1) is 13.9. The first-order valence-corrected chi connectivity index (χ1v) is 8.07. The fraction of sp³-hybridized carbons (Fsp3) is 0.462. The molecule has 19 heavy (non-hydrogen) atoms. The number of carbonyl (C=O) groups is 1. The number of nitrogen functional groups attached to an aromatic ring is 1. The fourth-order valence-electron chi connectivity index (χ4n) is 2.24. The summed E-state index contributed by atoms with van der Waals surface area (Å²) in [7, 11) is -2.90. The number of benzene rings is 1. The molecule has 0 aromatic heterocycles. The molecule has 1 aliphatic rings. The van der Waals surface area contributed by atoms with Gasteiger partial charge in [0, 0.05) is 17.3 Å². The van der Waals surface area contributed by atoms with Gasteiger partial charge in [-0.3, -0.25) is 4.79 Å². The van der Waals surface area contributed by atoms with Gasteiger partial charge in [0.1, 0.15) is 9.84 Å². The third kappa shape index (κ3) is 3.47. The van der Waals surface area contributed by atoms with Crippen LogP contribution in [0.4, 0.5) is 5.69 Å². The molecule has 1 amide bonds. The van der Waals surface area contributed by atoms with E-state index in [1.807, 2.05) is 6.92 Å². The highest BCUT2D eigenvalue weighted by Gasteiger charge is 2.25. The van der Waals surface area contributed by atoms with Gasteiger partial charge in [0.25, 0.3) is 5.91 Å². The maximum absolute atomic E-state index is 12.1. The molecule has 104 valence electrons. The van der Waals surface area contributed by atoms with Crippen LogP contribution in [0.2, 0.25) is 0 Å². The number of anilines is 1. The van der Waals surface area contributed by atoms with Gasteiger partial charge in [0.05, 0.1) is 11.5 Å². The number of sulfone groups is 1. The number of hydrogen-bond donors (Lipinski definition) is 2. The van der Waals surface area contributed by atoms with Crippen molar-refractivity contribution in [3.63, 3.8) is 0 Å². The van der Waals surface area contributed by atoms with Crippen molar-refractivity contribution >= 4 is 21.4 Å². The van der Waals surface area contributed by atoms with E-state index in [4.69, 9.17) is 5.73 Å². The van der Waals surface area contributed by atoms with Crippen LogP contribution in [0.5, 0.6) is 0 Å². The number of nitrogens with one attached hydrogen (secondary N) is 1. The third-order valence-electron chi connectivity index (χ3n) is 3.38. The van der Waals surface area contributed by atoms with Gasteiger partial charge < -0.3 is 11.1 Å². The number of aryl methyl sites for hydroxylation is 1. The number of carbonyl (C=O) groups excluding carboxylic acids is 1. The van der Waals surface area contributed by atoms with E-state index < -0.39 is 9.84 Å². The van der Waals surface area contributed by atoms with Crippen molar-refractivity contribution in [2.75, 3.05) is 17.2 Å². The van der Waals surface area contributed by atoms with Gasteiger partial charge in [0.2, 0.25) is 0 Å². The molecule has 1 fully saturated rings. The zero-order valence-electron chi connectivity index (χ0n) is 10.8. The summed E-state index contributed by atoms with van der Waals surface area (Å²) in [5.41, 5.74) is 7.67. The average molecular weight is 282 g/mol. The van der Waals surface area contributed by atoms with Crippen molar-refractivity contribution in [1.82, 2.24) is 5.32 Å². The first-order chi connectivity index (χ1) is 8.87. The van der Waals surface area contributed by atoms with E-state index in [-0.39, 0.29) is 23.5 Å². The molecule has 0 spiro atoms. The molecule has 0 unspecified atom stereocenters. The van der Waals surface area contributed by atoms with Crippen LogP contribution in [0.3, 0.4) is 0 Å². The Morgan fingerprint density at radius 3 is 2.53 bits per heavy atom. The van der Waals surface area contributed by atoms with E-state index in [9.17, 15) is 13.2 Å². The molecule has 0 radical (unpaired) electrons. The van der Waals surface area contributed by atoms with E-state index in [0.29, 0.717) is 24.1 Å². The van der Waals surface area contributed by atoms with E-state index in [0.717, 1.165) is 5.56 Å². The molecule has 0 atom stereocenters. The summed E-state index contributed by atoms with van der Waals surface area (Å²) in [4.78, 5) is 12.1. The van der Waals surface area contributed by atoms with Crippen molar-refractivity contribution in [2.45, 2.75) is 25.8 Å². The second-order valence-electron chi connectivity index (χ2n) is 4.97. The molecular formula is C13H18N2O3S. The highest BCUT2D eigenvalue weighted by atomic mass is 32.2. The standard InChI is InChI=1S/C13H18N2O3S/c1-9-8-10(14)2-3-12(9)13(16)15-11-4-6-19(17,18)7-5-11/h2-3,8,11H,4-7,14H2,1H3,(H,15,16). The summed E-state index contributed by atoms with van der Waals surface area (Å²) in [6.07, 6.45) is 0.976. The Balaban J connectivity index is 2.02. The Morgan fingerprint density at radius 2 is 1.95 bits per heavy atom. The van der Waals surface area contributed by atoms with Gasteiger partial charge >= 0.3 is 0 Å². The van der Waals surface area contributed by atoms with Crippen LogP contribution >= 0.6 is 0 Å². The highest BCUT2D eigenvalue weighted by molar-refractivity contribution is 7.91. The van der Waals surface area contributed by atoms with E-state index in [2.05, 4.69) is 5.32 Å². The minimum Gasteiger partial charge on any atom is -0.399 e. The van der Waals surface area contributed by atoms with Crippen molar-refractivity contribution in [3.8, 4) is 0 Å². The van der Waals surface area contributed by atoms with Gasteiger partial charge in [-0.1, -0.05) is 0 Å². The molecular weight excluding hydrogens is 264 g/mol. The van der Waals surface area contributed by atoms with Gasteiger partial charge in [-0.05, 0) is 43.5 Å². The minimum absolute atomic E-state index is 0.0621. The maximum Gasteiger partial charge on any atom is 0.251 e. The molecule has 0 aliphatic carbocycles. The molecule has 1 aromatic carbocycles. The van der Waals surface area contributed by atoms with Crippen molar-refractivity contribution < 1.29 is 13.2 Å². The lowest BCUT2D eigenvalue weighted by molar-refractivity contribution is 0.0933. The smallest absolute Gasteiger partial charge is 0.251 e. The van der Waals surface area contributed by atoms with Crippen LogP contribution in [-0.2, 0) is 9.84 Å². The zero-order valence-corrected chi connectivity index (χ0v) is 11.7. The van der Waals surface area contributed by atoms with E-state index in [1.165, 1.54) is 0 Å². The molecule has 0 saturated carbocycles. The van der Waals surface area contributed by atoms with Gasteiger partial charge in [0.15, 0.2) is 0 Å². The lowest BCUT2D eigenvalue weighted by atomic mass is 10.1. The van der Waals surface area contributed by atoms with Crippen LogP contribution < -0.4 is 11.1 Å². The summed E-state index contributed by atoms with van der Waals surface area (Å²) in [5.74, 6) is 0.138. The molecule has 6 heteroatoms. The number of nitrogens with two attached hydrogens (primary N) is 1. The largest absolute Gasteiger partial charge is 0.399 e. The summed E-state index contributed by atoms with van der Waals surface area (Å²) in [6.45, 7) is 1.83. The predicted octanol–water partition coefficient (Wildman–Crippen LogP) is 0.884. The molecule has 3 N–H and O–H groups in total. The number of amides is 1. The second-order valence-corrected chi connectivity index (χ2v) is 7.28. The Hall–Kier alpha value is -1.56. The zero-order chi connectivity index (χ0) is 14.0. The Kier molecular flexibility index (Phi) is 3.80. The Morgan fingerprint density at radius 1 is 1.32 bits per heavy atom. The summed E-state index contributed by atoms with van der Waals surface area (Å²) >= 11 is 0. The molecule has 5 nitrogen and oxygen atoms in total. The van der Waals surface area contributed by atoms with E-state index in [1.54, 1.807) is 18.2 Å². The minimum atomic E-state index is -2.90. The lowest BCUT2D eigenvalue weighted by Crippen LogP contribution is -2.41. The van der Waals surface area contributed by atoms with Crippen molar-refractivity contribution in [1.29, 1.82) is 0 Å². The van der Waals surface area contributed by atoms with Crippen molar-refractivity contribution in [2.24, 2.45) is 0 Å². The van der Waals surface area contributed by atoms with Crippen LogP contribution in [0.1, 0.15) is 28.8 Å². The molecule has 1 saturated heterocycles. The normalized spacial score (nSPS) is 19.0. The Bertz CT molecular complexity index is 582. The molecule has 0 bridgehead atoms. The molecule has 1 aromatic rings. The summed E-state index contributed by atoms with van der Waals surface area (Å²) < 4.78 is 22.6. The van der Waals surface area contributed by atoms with Crippen LogP contribution in [0.15, 0.2) is 18.2 Å². The van der Waals surface area contributed by atoms with E-state index >= 15 is 0 Å². The highest BCUT2D eigenvalue weighted by Crippen LogP contribution is 2.15. The fourth-order valence-corrected chi connectivity index (χ4v) is 3.73. The topological polar surface area (TPSA) is 89.3 Å². The molecule has 1 aliphatic heterocycles. The van der Waals surface area contributed by atoms with Gasteiger partial charge in [-0.15, -0.1) is 0 Å². The summed E-state index contributed by atoms with van der Waals surface area (Å²) in [5, 5.41) is 2.89. The molecule has 1 heterocycles. The first-order valence-electron chi connectivity index (χ1n) is 6.25.